The molecule has 0 aromatic heterocycles. The Hall–Kier alpha value is -1.64. The number of carbonyl (C=O) groups excluding carboxylic acids is 3. The van der Waals surface area contributed by atoms with Crippen molar-refractivity contribution in [1.82, 2.24) is 8.43 Å². The van der Waals surface area contributed by atoms with Crippen LogP contribution in [0, 0.1) is 3.57 Å². The van der Waals surface area contributed by atoms with Crippen molar-refractivity contribution >= 4 is 23.4 Å². The SMILES string of the molecule is CNc1cccc2c1[I-]N(C1CCC(=O)NC1=O)C2=O. The predicted molar refractivity (Wildman–Crippen MR) is 67.0 cm³/mol. The molecule has 7 heteroatoms. The van der Waals surface area contributed by atoms with Crippen LogP contribution in [0.3, 0.4) is 0 Å². The molecule has 1 unspecified atom stereocenters. The summed E-state index contributed by atoms with van der Waals surface area (Å²) in [4.78, 5) is 35.6. The normalized spacial score (nSPS) is 22.1. The maximum absolute atomic E-state index is 12.5. The van der Waals surface area contributed by atoms with Crippen LogP contribution < -0.4 is 32.1 Å². The zero-order valence-electron chi connectivity index (χ0n) is 10.8. The number of imide groups is 1. The molecule has 20 heavy (non-hydrogen) atoms. The number of anilines is 1. The summed E-state index contributed by atoms with van der Waals surface area (Å²) in [7, 11) is 1.82. The van der Waals surface area contributed by atoms with E-state index in [1.807, 2.05) is 19.2 Å². The average molecular weight is 386 g/mol. The van der Waals surface area contributed by atoms with Gasteiger partial charge in [-0.1, -0.05) is 0 Å². The Morgan fingerprint density at radius 1 is 1.35 bits per heavy atom. The van der Waals surface area contributed by atoms with E-state index in [0.717, 1.165) is 9.26 Å². The van der Waals surface area contributed by atoms with Gasteiger partial charge in [-0.3, -0.25) is 0 Å². The van der Waals surface area contributed by atoms with Crippen LogP contribution >= 0.6 is 0 Å². The fraction of sp³-hybridized carbons (Fsp3) is 0.308. The molecule has 2 aliphatic rings. The van der Waals surface area contributed by atoms with Crippen LogP contribution in [0.25, 0.3) is 0 Å². The number of halogens is 1. The van der Waals surface area contributed by atoms with E-state index < -0.39 is 27.5 Å². The van der Waals surface area contributed by atoms with Crippen LogP contribution in [-0.2, 0) is 9.59 Å². The third-order valence-corrected chi connectivity index (χ3v) is 6.63. The van der Waals surface area contributed by atoms with E-state index in [1.165, 1.54) is 0 Å². The van der Waals surface area contributed by atoms with Gasteiger partial charge >= 0.3 is 126 Å². The van der Waals surface area contributed by atoms with Crippen molar-refractivity contribution in [2.45, 2.75) is 18.9 Å². The zero-order chi connectivity index (χ0) is 14.3. The van der Waals surface area contributed by atoms with E-state index in [4.69, 9.17) is 0 Å². The fourth-order valence-corrected chi connectivity index (χ4v) is 5.57. The van der Waals surface area contributed by atoms with Gasteiger partial charge in [0.15, 0.2) is 0 Å². The molecule has 6 nitrogen and oxygen atoms in total. The summed E-state index contributed by atoms with van der Waals surface area (Å²) in [5.41, 5.74) is 1.62. The van der Waals surface area contributed by atoms with Crippen molar-refractivity contribution in [2.24, 2.45) is 0 Å². The van der Waals surface area contributed by atoms with Gasteiger partial charge in [-0.2, -0.15) is 0 Å². The second-order valence-corrected chi connectivity index (χ2v) is 7.19. The number of amides is 3. The van der Waals surface area contributed by atoms with Crippen LogP contribution in [0.2, 0.25) is 0 Å². The first-order chi connectivity index (χ1) is 9.61. The van der Waals surface area contributed by atoms with Gasteiger partial charge < -0.3 is 0 Å². The Morgan fingerprint density at radius 2 is 2.15 bits per heavy atom. The van der Waals surface area contributed by atoms with Crippen molar-refractivity contribution in [3.8, 4) is 0 Å². The molecular formula is C13H13IN3O3-. The monoisotopic (exact) mass is 386 g/mol. The topological polar surface area (TPSA) is 78.5 Å². The Bertz CT molecular complexity index is 617. The number of nitrogens with one attached hydrogen (secondary N) is 2. The Kier molecular flexibility index (Phi) is 3.36. The maximum atomic E-state index is 12.5. The molecule has 0 saturated carbocycles. The molecule has 1 aromatic rings. The molecular weight excluding hydrogens is 373 g/mol. The molecule has 1 atom stereocenters. The first-order valence-electron chi connectivity index (χ1n) is 6.25. The van der Waals surface area contributed by atoms with Crippen LogP contribution in [0.1, 0.15) is 23.2 Å². The van der Waals surface area contributed by atoms with Gasteiger partial charge in [-0.05, 0) is 0 Å². The molecule has 0 bridgehead atoms. The molecule has 2 aliphatic heterocycles. The number of hydrogen-bond acceptors (Lipinski definition) is 4. The number of benzene rings is 1. The molecule has 3 amide bonds. The molecule has 0 aliphatic carbocycles. The summed E-state index contributed by atoms with van der Waals surface area (Å²) < 4.78 is 2.68. The van der Waals surface area contributed by atoms with Crippen LogP contribution in [-0.4, -0.2) is 33.9 Å². The van der Waals surface area contributed by atoms with E-state index in [2.05, 4.69) is 10.6 Å². The van der Waals surface area contributed by atoms with Crippen molar-refractivity contribution in [1.29, 1.82) is 0 Å². The van der Waals surface area contributed by atoms with E-state index >= 15 is 0 Å². The minimum absolute atomic E-state index is 0.0978. The number of rotatable bonds is 2. The number of hydrogen-bond donors (Lipinski definition) is 2. The van der Waals surface area contributed by atoms with Crippen molar-refractivity contribution < 1.29 is 35.9 Å². The van der Waals surface area contributed by atoms with E-state index in [-0.39, 0.29) is 17.7 Å². The quantitative estimate of drug-likeness (QED) is 0.326. The van der Waals surface area contributed by atoms with Crippen molar-refractivity contribution in [3.63, 3.8) is 0 Å². The summed E-state index contributed by atoms with van der Waals surface area (Å²) >= 11 is -0.730. The molecule has 3 rings (SSSR count). The second-order valence-electron chi connectivity index (χ2n) is 4.58. The number of piperidine rings is 1. The summed E-state index contributed by atoms with van der Waals surface area (Å²) in [5.74, 6) is -0.711. The summed E-state index contributed by atoms with van der Waals surface area (Å²) in [6.45, 7) is 0. The molecule has 2 heterocycles. The van der Waals surface area contributed by atoms with Gasteiger partial charge in [0.1, 0.15) is 0 Å². The van der Waals surface area contributed by atoms with Gasteiger partial charge in [0.25, 0.3) is 0 Å². The summed E-state index contributed by atoms with van der Waals surface area (Å²) in [6, 6.07) is 5.05. The van der Waals surface area contributed by atoms with Crippen LogP contribution in [0.4, 0.5) is 5.69 Å². The molecule has 2 N–H and O–H groups in total. The molecule has 0 radical (unpaired) electrons. The summed E-state index contributed by atoms with van der Waals surface area (Å²) in [6.07, 6.45) is 0.707. The average Bonchev–Trinajstić information content (AvgIpc) is 2.76. The third-order valence-electron chi connectivity index (χ3n) is 3.35. The predicted octanol–water partition coefficient (Wildman–Crippen LogP) is -2.84. The van der Waals surface area contributed by atoms with E-state index in [0.29, 0.717) is 18.4 Å². The zero-order valence-corrected chi connectivity index (χ0v) is 12.9. The Morgan fingerprint density at radius 3 is 2.85 bits per heavy atom. The van der Waals surface area contributed by atoms with E-state index in [9.17, 15) is 14.4 Å². The first kappa shape index (κ1) is 13.3. The van der Waals surface area contributed by atoms with Gasteiger partial charge in [0, 0.05) is 0 Å². The molecule has 1 fully saturated rings. The molecule has 0 spiro atoms. The van der Waals surface area contributed by atoms with Gasteiger partial charge in [-0.15, -0.1) is 0 Å². The number of fused-ring (bicyclic) bond motifs is 1. The van der Waals surface area contributed by atoms with Crippen LogP contribution in [0.15, 0.2) is 18.2 Å². The third kappa shape index (κ3) is 2.05. The molecule has 106 valence electrons. The van der Waals surface area contributed by atoms with E-state index in [1.54, 1.807) is 9.18 Å². The number of carbonyl (C=O) groups is 3. The summed E-state index contributed by atoms with van der Waals surface area (Å²) in [5, 5.41) is 5.40. The Labute approximate surface area is 126 Å². The van der Waals surface area contributed by atoms with Gasteiger partial charge in [0.2, 0.25) is 0 Å². The van der Waals surface area contributed by atoms with Gasteiger partial charge in [0.05, 0.1) is 0 Å². The second kappa shape index (κ2) is 5.04. The molecule has 1 saturated heterocycles. The minimum atomic E-state index is -0.730. The molecule has 1 aromatic carbocycles. The first-order valence-corrected chi connectivity index (χ1v) is 8.29. The fourth-order valence-electron chi connectivity index (χ4n) is 2.32. The standard InChI is InChI=1S/C13H13IN3O3/c1-15-8-4-2-3-7-11(8)14-17(13(7)20)9-5-6-10(18)16-12(9)19/h2-4,9,15H,5-6H2,1H3,(H,16,18,19)/q-1. The number of nitrogens with zero attached hydrogens (tertiary/aromatic N) is 1. The van der Waals surface area contributed by atoms with Gasteiger partial charge in [-0.25, -0.2) is 0 Å². The van der Waals surface area contributed by atoms with Crippen molar-refractivity contribution in [2.75, 3.05) is 12.4 Å². The Balaban J connectivity index is 1.90. The van der Waals surface area contributed by atoms with Crippen LogP contribution in [0.5, 0.6) is 0 Å². The van der Waals surface area contributed by atoms with Crippen molar-refractivity contribution in [3.05, 3.63) is 27.3 Å².